The fourth-order valence-corrected chi connectivity index (χ4v) is 2.40. The molecule has 0 bridgehead atoms. The maximum absolute atomic E-state index is 11.8. The highest BCUT2D eigenvalue weighted by atomic mass is 35.5. The number of nitro benzene ring substituents is 1. The van der Waals surface area contributed by atoms with Crippen molar-refractivity contribution >= 4 is 29.7 Å². The van der Waals surface area contributed by atoms with E-state index >= 15 is 0 Å². The first kappa shape index (κ1) is 17.4. The Kier molecular flexibility index (Phi) is 6.58. The van der Waals surface area contributed by atoms with Gasteiger partial charge in [0.15, 0.2) is 0 Å². The van der Waals surface area contributed by atoms with Gasteiger partial charge < -0.3 is 10.6 Å². The molecule has 1 fully saturated rings. The van der Waals surface area contributed by atoms with Crippen molar-refractivity contribution in [1.29, 1.82) is 0 Å². The third kappa shape index (κ3) is 4.99. The fourth-order valence-electron chi connectivity index (χ4n) is 2.40. The molecule has 116 valence electrons. The molecule has 0 aromatic heterocycles. The summed E-state index contributed by atoms with van der Waals surface area (Å²) in [6.07, 6.45) is 2.42. The molecule has 0 saturated carbocycles. The van der Waals surface area contributed by atoms with E-state index in [0.717, 1.165) is 25.9 Å². The average Bonchev–Trinajstić information content (AvgIpc) is 2.91. The van der Waals surface area contributed by atoms with Gasteiger partial charge in [-0.1, -0.05) is 6.07 Å². The van der Waals surface area contributed by atoms with Crippen molar-refractivity contribution in [2.24, 2.45) is 5.92 Å². The Morgan fingerprint density at radius 1 is 1.52 bits per heavy atom. The van der Waals surface area contributed by atoms with Crippen LogP contribution in [-0.4, -0.2) is 23.9 Å². The van der Waals surface area contributed by atoms with Gasteiger partial charge in [0.25, 0.3) is 5.69 Å². The number of nitrogens with one attached hydrogen (secondary N) is 2. The van der Waals surface area contributed by atoms with Crippen molar-refractivity contribution in [3.05, 3.63) is 33.9 Å². The van der Waals surface area contributed by atoms with Gasteiger partial charge in [-0.05, 0) is 44.8 Å². The number of hydrogen-bond donors (Lipinski definition) is 2. The van der Waals surface area contributed by atoms with Gasteiger partial charge >= 0.3 is 0 Å². The van der Waals surface area contributed by atoms with E-state index in [1.807, 2.05) is 0 Å². The van der Waals surface area contributed by atoms with Crippen LogP contribution in [0.4, 0.5) is 11.4 Å². The van der Waals surface area contributed by atoms with Gasteiger partial charge in [0, 0.05) is 23.7 Å². The maximum Gasteiger partial charge on any atom is 0.274 e. The van der Waals surface area contributed by atoms with Crippen LogP contribution in [0.5, 0.6) is 0 Å². The predicted octanol–water partition coefficient (Wildman–Crippen LogP) is 2.65. The van der Waals surface area contributed by atoms with E-state index in [0.29, 0.717) is 23.6 Å². The summed E-state index contributed by atoms with van der Waals surface area (Å²) in [5.41, 5.74) is 1.10. The Labute approximate surface area is 129 Å². The molecule has 7 heteroatoms. The lowest BCUT2D eigenvalue weighted by atomic mass is 10.0. The quantitative estimate of drug-likeness (QED) is 0.646. The highest BCUT2D eigenvalue weighted by molar-refractivity contribution is 5.91. The lowest BCUT2D eigenvalue weighted by Gasteiger charge is -2.09. The van der Waals surface area contributed by atoms with Crippen molar-refractivity contribution in [3.8, 4) is 0 Å². The van der Waals surface area contributed by atoms with Crippen LogP contribution < -0.4 is 10.6 Å². The minimum atomic E-state index is -0.435. The highest BCUT2D eigenvalue weighted by Crippen LogP contribution is 2.22. The molecule has 2 rings (SSSR count). The molecule has 1 saturated heterocycles. The number of halogens is 1. The van der Waals surface area contributed by atoms with E-state index in [9.17, 15) is 14.9 Å². The smallest absolute Gasteiger partial charge is 0.274 e. The minimum Gasteiger partial charge on any atom is -0.326 e. The lowest BCUT2D eigenvalue weighted by Crippen LogP contribution is -2.15. The molecule has 2 N–H and O–H groups in total. The first-order chi connectivity index (χ1) is 9.56. The molecule has 1 aliphatic heterocycles. The standard InChI is InChI=1S/C14H19N3O3.ClH/c1-10-2-4-12(8-13(10)17(19)20)16-14(18)5-3-11-6-7-15-9-11;/h2,4,8,11,15H,3,5-7,9H2,1H3,(H,16,18);1H. The molecule has 1 amide bonds. The fraction of sp³-hybridized carbons (Fsp3) is 0.500. The van der Waals surface area contributed by atoms with Crippen LogP contribution in [0.25, 0.3) is 0 Å². The molecule has 0 spiro atoms. The number of aryl methyl sites for hydroxylation is 1. The van der Waals surface area contributed by atoms with Gasteiger partial charge in [0.2, 0.25) is 5.91 Å². The van der Waals surface area contributed by atoms with Crippen molar-refractivity contribution in [1.82, 2.24) is 5.32 Å². The Morgan fingerprint density at radius 2 is 2.29 bits per heavy atom. The van der Waals surface area contributed by atoms with Gasteiger partial charge in [0.1, 0.15) is 0 Å². The Bertz CT molecular complexity index is 516. The number of amides is 1. The second kappa shape index (κ2) is 7.95. The van der Waals surface area contributed by atoms with Crippen LogP contribution in [-0.2, 0) is 4.79 Å². The number of nitrogens with zero attached hydrogens (tertiary/aromatic N) is 1. The monoisotopic (exact) mass is 313 g/mol. The van der Waals surface area contributed by atoms with Crippen LogP contribution in [0.3, 0.4) is 0 Å². The lowest BCUT2D eigenvalue weighted by molar-refractivity contribution is -0.385. The van der Waals surface area contributed by atoms with Gasteiger partial charge in [-0.2, -0.15) is 0 Å². The van der Waals surface area contributed by atoms with Crippen molar-refractivity contribution in [2.45, 2.75) is 26.2 Å². The number of carbonyl (C=O) groups is 1. The predicted molar refractivity (Wildman–Crippen MR) is 83.9 cm³/mol. The van der Waals surface area contributed by atoms with Crippen LogP contribution >= 0.6 is 12.4 Å². The SMILES string of the molecule is Cc1ccc(NC(=O)CCC2CCNC2)cc1[N+](=O)[O-].Cl. The summed E-state index contributed by atoms with van der Waals surface area (Å²) in [4.78, 5) is 22.2. The summed E-state index contributed by atoms with van der Waals surface area (Å²) in [7, 11) is 0. The van der Waals surface area contributed by atoms with E-state index in [4.69, 9.17) is 0 Å². The van der Waals surface area contributed by atoms with E-state index < -0.39 is 4.92 Å². The summed E-state index contributed by atoms with van der Waals surface area (Å²) in [5, 5.41) is 16.8. The van der Waals surface area contributed by atoms with Crippen molar-refractivity contribution in [3.63, 3.8) is 0 Å². The largest absolute Gasteiger partial charge is 0.326 e. The zero-order valence-electron chi connectivity index (χ0n) is 11.9. The molecule has 1 heterocycles. The second-order valence-electron chi connectivity index (χ2n) is 5.20. The zero-order chi connectivity index (χ0) is 14.5. The summed E-state index contributed by atoms with van der Waals surface area (Å²) in [6, 6.07) is 4.75. The molecular formula is C14H20ClN3O3. The van der Waals surface area contributed by atoms with E-state index in [1.54, 1.807) is 19.1 Å². The van der Waals surface area contributed by atoms with Gasteiger partial charge in [-0.25, -0.2) is 0 Å². The molecule has 21 heavy (non-hydrogen) atoms. The number of nitro groups is 1. The number of rotatable bonds is 5. The Balaban J connectivity index is 0.00000220. The van der Waals surface area contributed by atoms with Crippen molar-refractivity contribution < 1.29 is 9.72 Å². The van der Waals surface area contributed by atoms with E-state index in [1.165, 1.54) is 6.07 Å². The molecule has 1 atom stereocenters. The number of anilines is 1. The molecule has 0 radical (unpaired) electrons. The summed E-state index contributed by atoms with van der Waals surface area (Å²) < 4.78 is 0. The zero-order valence-corrected chi connectivity index (χ0v) is 12.7. The summed E-state index contributed by atoms with van der Waals surface area (Å²) in [6.45, 7) is 3.68. The Morgan fingerprint density at radius 3 is 2.90 bits per heavy atom. The van der Waals surface area contributed by atoms with Gasteiger partial charge in [-0.3, -0.25) is 14.9 Å². The number of benzene rings is 1. The first-order valence-corrected chi connectivity index (χ1v) is 6.82. The first-order valence-electron chi connectivity index (χ1n) is 6.82. The number of hydrogen-bond acceptors (Lipinski definition) is 4. The normalized spacial score (nSPS) is 17.1. The second-order valence-corrected chi connectivity index (χ2v) is 5.20. The molecule has 6 nitrogen and oxygen atoms in total. The van der Waals surface area contributed by atoms with E-state index in [-0.39, 0.29) is 24.0 Å². The van der Waals surface area contributed by atoms with Crippen molar-refractivity contribution in [2.75, 3.05) is 18.4 Å². The average molecular weight is 314 g/mol. The van der Waals surface area contributed by atoms with Crippen LogP contribution in [0.2, 0.25) is 0 Å². The highest BCUT2D eigenvalue weighted by Gasteiger charge is 2.16. The molecule has 0 aliphatic carbocycles. The Hall–Kier alpha value is -1.66. The van der Waals surface area contributed by atoms with Gasteiger partial charge in [-0.15, -0.1) is 12.4 Å². The third-order valence-corrected chi connectivity index (χ3v) is 3.63. The van der Waals surface area contributed by atoms with Crippen LogP contribution in [0.15, 0.2) is 18.2 Å². The molecule has 1 unspecified atom stereocenters. The molecule has 1 aromatic rings. The van der Waals surface area contributed by atoms with Gasteiger partial charge in [0.05, 0.1) is 4.92 Å². The van der Waals surface area contributed by atoms with Crippen LogP contribution in [0, 0.1) is 23.0 Å². The minimum absolute atomic E-state index is 0. The number of carbonyl (C=O) groups excluding carboxylic acids is 1. The molecular weight excluding hydrogens is 294 g/mol. The van der Waals surface area contributed by atoms with E-state index in [2.05, 4.69) is 10.6 Å². The molecule has 1 aromatic carbocycles. The maximum atomic E-state index is 11.8. The molecule has 1 aliphatic rings. The van der Waals surface area contributed by atoms with Crippen LogP contribution in [0.1, 0.15) is 24.8 Å². The third-order valence-electron chi connectivity index (χ3n) is 3.63. The summed E-state index contributed by atoms with van der Waals surface area (Å²) in [5.74, 6) is 0.475. The summed E-state index contributed by atoms with van der Waals surface area (Å²) >= 11 is 0. The topological polar surface area (TPSA) is 84.3 Å².